The molecule has 0 spiro atoms. The van der Waals surface area contributed by atoms with Crippen molar-refractivity contribution >= 4 is 26.0 Å². The molecule has 0 amide bonds. The summed E-state index contributed by atoms with van der Waals surface area (Å²) in [5, 5.41) is 9.19. The van der Waals surface area contributed by atoms with Crippen LogP contribution in [-0.2, 0) is 24.8 Å². The molecule has 0 saturated heterocycles. The van der Waals surface area contributed by atoms with Crippen LogP contribution in [0, 0.1) is 5.92 Å². The normalized spacial score (nSPS) is 16.8. The fourth-order valence-corrected chi connectivity index (χ4v) is 4.90. The van der Waals surface area contributed by atoms with Crippen molar-refractivity contribution in [2.75, 3.05) is 0 Å². The molecular formula is C15H22N2O6S2. The first-order chi connectivity index (χ1) is 11.5. The summed E-state index contributed by atoms with van der Waals surface area (Å²) in [6, 6.07) is 3.48. The van der Waals surface area contributed by atoms with E-state index in [0.29, 0.717) is 0 Å². The molecule has 0 bridgehead atoms. The number of carbonyl (C=O) groups is 1. The van der Waals surface area contributed by atoms with Crippen LogP contribution in [0.4, 0.5) is 0 Å². The highest BCUT2D eigenvalue weighted by atomic mass is 32.2. The summed E-state index contributed by atoms with van der Waals surface area (Å²) in [6.07, 6.45) is 1.64. The molecule has 1 aliphatic carbocycles. The van der Waals surface area contributed by atoms with E-state index in [1.165, 1.54) is 18.2 Å². The van der Waals surface area contributed by atoms with Gasteiger partial charge in [-0.25, -0.2) is 21.6 Å². The molecule has 0 heterocycles. The highest BCUT2D eigenvalue weighted by Crippen LogP contribution is 2.23. The van der Waals surface area contributed by atoms with Gasteiger partial charge in [-0.15, -0.1) is 0 Å². The van der Waals surface area contributed by atoms with E-state index in [2.05, 4.69) is 9.44 Å². The fourth-order valence-electron chi connectivity index (χ4n) is 2.22. The van der Waals surface area contributed by atoms with Crippen LogP contribution in [0.1, 0.15) is 33.1 Å². The van der Waals surface area contributed by atoms with Gasteiger partial charge in [-0.05, 0) is 43.4 Å². The van der Waals surface area contributed by atoms with Gasteiger partial charge in [0.25, 0.3) is 0 Å². The van der Waals surface area contributed by atoms with Crippen molar-refractivity contribution in [1.82, 2.24) is 9.44 Å². The maximum absolute atomic E-state index is 12.5. The predicted octanol–water partition coefficient (Wildman–Crippen LogP) is 0.905. The number of aliphatic carboxylic acids is 1. The molecule has 0 radical (unpaired) electrons. The number of carboxylic acid groups (broad SMARTS) is 1. The topological polar surface area (TPSA) is 130 Å². The molecule has 3 N–H and O–H groups in total. The van der Waals surface area contributed by atoms with Crippen LogP contribution in [0.25, 0.3) is 0 Å². The number of hydrogen-bond acceptors (Lipinski definition) is 5. The Bertz CT molecular complexity index is 845. The molecule has 1 aliphatic rings. The first-order valence-corrected chi connectivity index (χ1v) is 10.9. The SMILES string of the molecule is CC(C)C[C@@H](NS(=O)(=O)c1cccc(S(=O)(=O)NC2CC2)c1)C(=O)O. The van der Waals surface area contributed by atoms with E-state index < -0.39 is 32.1 Å². The summed E-state index contributed by atoms with van der Waals surface area (Å²) >= 11 is 0. The Morgan fingerprint density at radius 3 is 2.20 bits per heavy atom. The van der Waals surface area contributed by atoms with E-state index in [9.17, 15) is 26.7 Å². The van der Waals surface area contributed by atoms with Crippen molar-refractivity contribution < 1.29 is 26.7 Å². The molecule has 1 fully saturated rings. The zero-order chi connectivity index (χ0) is 18.8. The Balaban J connectivity index is 2.27. The van der Waals surface area contributed by atoms with Gasteiger partial charge in [0.1, 0.15) is 6.04 Å². The molecule has 1 atom stereocenters. The zero-order valence-corrected chi connectivity index (χ0v) is 15.6. The molecule has 140 valence electrons. The molecule has 8 nitrogen and oxygen atoms in total. The molecule has 25 heavy (non-hydrogen) atoms. The van der Waals surface area contributed by atoms with Gasteiger partial charge in [0.05, 0.1) is 9.79 Å². The second-order valence-corrected chi connectivity index (χ2v) is 9.94. The number of carboxylic acids is 1. The number of nitrogens with one attached hydrogen (secondary N) is 2. The summed E-state index contributed by atoms with van der Waals surface area (Å²) in [7, 11) is -7.97. The van der Waals surface area contributed by atoms with Crippen molar-refractivity contribution in [2.45, 2.75) is 55.0 Å². The highest BCUT2D eigenvalue weighted by molar-refractivity contribution is 7.90. The van der Waals surface area contributed by atoms with Crippen LogP contribution < -0.4 is 9.44 Å². The van der Waals surface area contributed by atoms with Crippen molar-refractivity contribution in [3.63, 3.8) is 0 Å². The summed E-state index contributed by atoms with van der Waals surface area (Å²) in [5.41, 5.74) is 0. The second kappa shape index (κ2) is 7.40. The number of hydrogen-bond donors (Lipinski definition) is 3. The Morgan fingerprint density at radius 1 is 1.16 bits per heavy atom. The first-order valence-electron chi connectivity index (χ1n) is 7.89. The average Bonchev–Trinajstić information content (AvgIpc) is 3.29. The average molecular weight is 390 g/mol. The fraction of sp³-hybridized carbons (Fsp3) is 0.533. The van der Waals surface area contributed by atoms with Gasteiger partial charge in [0, 0.05) is 6.04 Å². The summed E-state index contributed by atoms with van der Waals surface area (Å²) in [4.78, 5) is 10.8. The standard InChI is InChI=1S/C15H22N2O6S2/c1-10(2)8-14(15(18)19)17-25(22,23)13-5-3-4-12(9-13)24(20,21)16-11-6-7-11/h3-5,9-11,14,16-17H,6-8H2,1-2H3,(H,18,19)/t14-/m1/s1. The van der Waals surface area contributed by atoms with E-state index in [-0.39, 0.29) is 28.2 Å². The lowest BCUT2D eigenvalue weighted by molar-refractivity contribution is -0.139. The molecule has 2 rings (SSSR count). The summed E-state index contributed by atoms with van der Waals surface area (Å²) < 4.78 is 53.9. The Kier molecular flexibility index (Phi) is 5.87. The van der Waals surface area contributed by atoms with Crippen LogP contribution in [-0.4, -0.2) is 40.0 Å². The van der Waals surface area contributed by atoms with E-state index in [0.717, 1.165) is 18.9 Å². The van der Waals surface area contributed by atoms with Crippen LogP contribution in [0.2, 0.25) is 0 Å². The third-order valence-corrected chi connectivity index (χ3v) is 6.62. The Morgan fingerprint density at radius 2 is 1.72 bits per heavy atom. The largest absolute Gasteiger partial charge is 0.480 e. The predicted molar refractivity (Wildman–Crippen MR) is 91.0 cm³/mol. The highest BCUT2D eigenvalue weighted by Gasteiger charge is 2.30. The molecule has 1 aromatic carbocycles. The van der Waals surface area contributed by atoms with Crippen molar-refractivity contribution in [1.29, 1.82) is 0 Å². The number of benzene rings is 1. The van der Waals surface area contributed by atoms with E-state index in [4.69, 9.17) is 0 Å². The van der Waals surface area contributed by atoms with Crippen LogP contribution in [0.3, 0.4) is 0 Å². The molecular weight excluding hydrogens is 368 g/mol. The molecule has 1 aromatic rings. The van der Waals surface area contributed by atoms with Crippen molar-refractivity contribution in [3.8, 4) is 0 Å². The Labute approximate surface area is 147 Å². The van der Waals surface area contributed by atoms with Crippen molar-refractivity contribution in [2.24, 2.45) is 5.92 Å². The molecule has 0 unspecified atom stereocenters. The van der Waals surface area contributed by atoms with E-state index >= 15 is 0 Å². The smallest absolute Gasteiger partial charge is 0.321 e. The van der Waals surface area contributed by atoms with Gasteiger partial charge in [0.15, 0.2) is 0 Å². The summed E-state index contributed by atoms with van der Waals surface area (Å²) in [5.74, 6) is -1.31. The third-order valence-electron chi connectivity index (χ3n) is 3.63. The second-order valence-electron chi connectivity index (χ2n) is 6.51. The monoisotopic (exact) mass is 390 g/mol. The van der Waals surface area contributed by atoms with Gasteiger partial charge in [-0.3, -0.25) is 4.79 Å². The molecule has 10 heteroatoms. The maximum Gasteiger partial charge on any atom is 0.321 e. The minimum Gasteiger partial charge on any atom is -0.480 e. The molecule has 1 saturated carbocycles. The maximum atomic E-state index is 12.5. The van der Waals surface area contributed by atoms with Crippen LogP contribution >= 0.6 is 0 Å². The van der Waals surface area contributed by atoms with Crippen LogP contribution in [0.15, 0.2) is 34.1 Å². The van der Waals surface area contributed by atoms with Gasteiger partial charge in [-0.1, -0.05) is 19.9 Å². The van der Waals surface area contributed by atoms with Gasteiger partial charge < -0.3 is 5.11 Å². The molecule has 0 aromatic heterocycles. The minimum absolute atomic E-state index is 0.0294. The molecule has 0 aliphatic heterocycles. The first kappa shape index (κ1) is 19.8. The van der Waals surface area contributed by atoms with Gasteiger partial charge in [0.2, 0.25) is 20.0 Å². The lowest BCUT2D eigenvalue weighted by Gasteiger charge is -2.17. The van der Waals surface area contributed by atoms with Crippen LogP contribution in [0.5, 0.6) is 0 Å². The van der Waals surface area contributed by atoms with Crippen molar-refractivity contribution in [3.05, 3.63) is 24.3 Å². The lowest BCUT2D eigenvalue weighted by Crippen LogP contribution is -2.41. The van der Waals surface area contributed by atoms with Gasteiger partial charge >= 0.3 is 5.97 Å². The minimum atomic E-state index is -4.17. The third kappa shape index (κ3) is 5.50. The number of rotatable bonds is 9. The lowest BCUT2D eigenvalue weighted by atomic mass is 10.1. The van der Waals surface area contributed by atoms with E-state index in [1.54, 1.807) is 13.8 Å². The zero-order valence-electron chi connectivity index (χ0n) is 14.0. The number of sulfonamides is 2. The van der Waals surface area contributed by atoms with E-state index in [1.807, 2.05) is 0 Å². The van der Waals surface area contributed by atoms with Gasteiger partial charge in [-0.2, -0.15) is 4.72 Å². The quantitative estimate of drug-likeness (QED) is 0.574. The summed E-state index contributed by atoms with van der Waals surface area (Å²) in [6.45, 7) is 3.56. The Hall–Kier alpha value is -1.49.